The lowest BCUT2D eigenvalue weighted by molar-refractivity contribution is -0.0366. The molecule has 2 heteroatoms. The van der Waals surface area contributed by atoms with E-state index in [1.807, 2.05) is 6.92 Å². The molecule has 1 aliphatic heterocycles. The summed E-state index contributed by atoms with van der Waals surface area (Å²) in [4.78, 5) is 0. The quantitative estimate of drug-likeness (QED) is 0.631. The number of ether oxygens (including phenoxy) is 1. The highest BCUT2D eigenvalue weighted by molar-refractivity contribution is 4.84. The molecule has 1 saturated heterocycles. The third kappa shape index (κ3) is 1.50. The molecule has 0 aromatic rings. The Labute approximate surface area is 67.2 Å². The average Bonchev–Trinajstić information content (AvgIpc) is 2.03. The predicted octanol–water partition coefficient (Wildman–Crippen LogP) is 1.17. The van der Waals surface area contributed by atoms with E-state index in [0.717, 1.165) is 32.4 Å². The zero-order chi connectivity index (χ0) is 9.95. The standard InChI is InChI=1S/C8H17NO/c1-3-8(10-2)4-6-9-7-5-8/h9H,3-7H2,1-2H3/i2D3. The van der Waals surface area contributed by atoms with Crippen LogP contribution in [-0.4, -0.2) is 25.7 Å². The molecule has 0 atom stereocenters. The van der Waals surface area contributed by atoms with E-state index in [9.17, 15) is 0 Å². The number of rotatable bonds is 2. The van der Waals surface area contributed by atoms with Crippen molar-refractivity contribution in [3.8, 4) is 0 Å². The first-order chi connectivity index (χ1) is 5.97. The van der Waals surface area contributed by atoms with Crippen LogP contribution in [0.5, 0.6) is 0 Å². The molecular weight excluding hydrogens is 126 g/mol. The molecule has 2 nitrogen and oxygen atoms in total. The summed E-state index contributed by atoms with van der Waals surface area (Å²) in [5, 5.41) is 3.20. The smallest absolute Gasteiger partial charge is 0.0700 e. The van der Waals surface area contributed by atoms with Gasteiger partial charge in [-0.1, -0.05) is 6.92 Å². The van der Waals surface area contributed by atoms with E-state index in [-0.39, 0.29) is 0 Å². The van der Waals surface area contributed by atoms with Gasteiger partial charge in [0.25, 0.3) is 0 Å². The summed E-state index contributed by atoms with van der Waals surface area (Å²) in [6.07, 6.45) is 2.36. The molecule has 60 valence electrons. The lowest BCUT2D eigenvalue weighted by Gasteiger charge is -2.35. The third-order valence-corrected chi connectivity index (χ3v) is 2.38. The summed E-state index contributed by atoms with van der Waals surface area (Å²) in [6, 6.07) is 0. The van der Waals surface area contributed by atoms with Gasteiger partial charge in [0, 0.05) is 7.04 Å². The van der Waals surface area contributed by atoms with Crippen LogP contribution in [0.1, 0.15) is 30.3 Å². The Kier molecular flexibility index (Phi) is 1.58. The van der Waals surface area contributed by atoms with Crippen LogP contribution in [0.25, 0.3) is 0 Å². The van der Waals surface area contributed by atoms with Crippen LogP contribution in [-0.2, 0) is 4.74 Å². The summed E-state index contributed by atoms with van der Waals surface area (Å²) in [7, 11) is -2.26. The fourth-order valence-electron chi connectivity index (χ4n) is 1.41. The molecule has 0 bridgehead atoms. The first-order valence-corrected chi connectivity index (χ1v) is 3.88. The molecule has 0 amide bonds. The van der Waals surface area contributed by atoms with Crippen LogP contribution in [0.15, 0.2) is 0 Å². The number of piperidine rings is 1. The van der Waals surface area contributed by atoms with Crippen LogP contribution in [0, 0.1) is 0 Å². The normalized spacial score (nSPS) is 30.3. The maximum atomic E-state index is 7.09. The van der Waals surface area contributed by atoms with Gasteiger partial charge in [0.2, 0.25) is 0 Å². The Hall–Kier alpha value is -0.0800. The second-order valence-corrected chi connectivity index (χ2v) is 2.89. The Morgan fingerprint density at radius 3 is 2.80 bits per heavy atom. The van der Waals surface area contributed by atoms with Gasteiger partial charge in [-0.2, -0.15) is 0 Å². The van der Waals surface area contributed by atoms with Crippen LogP contribution < -0.4 is 5.32 Å². The van der Waals surface area contributed by atoms with Crippen molar-refractivity contribution in [3.63, 3.8) is 0 Å². The molecule has 0 aliphatic carbocycles. The number of nitrogens with one attached hydrogen (secondary N) is 1. The minimum absolute atomic E-state index is 0.420. The van der Waals surface area contributed by atoms with Crippen molar-refractivity contribution in [2.24, 2.45) is 0 Å². The molecule has 1 fully saturated rings. The topological polar surface area (TPSA) is 21.3 Å². The molecule has 0 radical (unpaired) electrons. The number of methoxy groups -OCH3 is 1. The summed E-state index contributed by atoms with van der Waals surface area (Å²) in [5.74, 6) is 0. The van der Waals surface area contributed by atoms with Gasteiger partial charge < -0.3 is 10.1 Å². The molecule has 0 unspecified atom stereocenters. The van der Waals surface area contributed by atoms with E-state index < -0.39 is 12.6 Å². The van der Waals surface area contributed by atoms with Gasteiger partial charge in [0.05, 0.1) is 9.71 Å². The van der Waals surface area contributed by atoms with Crippen LogP contribution in [0.2, 0.25) is 0 Å². The summed E-state index contributed by atoms with van der Waals surface area (Å²) < 4.78 is 26.4. The monoisotopic (exact) mass is 146 g/mol. The fraction of sp³-hybridized carbons (Fsp3) is 1.00. The van der Waals surface area contributed by atoms with E-state index in [1.165, 1.54) is 0 Å². The molecule has 0 aromatic carbocycles. The SMILES string of the molecule is [2H]C([2H])([2H])OC1(CC)CCNCC1. The van der Waals surface area contributed by atoms with Crippen molar-refractivity contribution in [2.75, 3.05) is 20.1 Å². The second-order valence-electron chi connectivity index (χ2n) is 2.89. The van der Waals surface area contributed by atoms with Crippen molar-refractivity contribution >= 4 is 0 Å². The first kappa shape index (κ1) is 4.73. The van der Waals surface area contributed by atoms with E-state index >= 15 is 0 Å². The lowest BCUT2D eigenvalue weighted by atomic mass is 9.90. The summed E-state index contributed by atoms with van der Waals surface area (Å²) in [6.45, 7) is 3.69. The van der Waals surface area contributed by atoms with Gasteiger partial charge in [-0.05, 0) is 32.4 Å². The average molecular weight is 146 g/mol. The Bertz CT molecular complexity index is 163. The van der Waals surface area contributed by atoms with Gasteiger partial charge in [-0.25, -0.2) is 0 Å². The summed E-state index contributed by atoms with van der Waals surface area (Å²) in [5.41, 5.74) is -0.420. The van der Waals surface area contributed by atoms with Gasteiger partial charge in [0.1, 0.15) is 0 Å². The highest BCUT2D eigenvalue weighted by Gasteiger charge is 2.29. The Morgan fingerprint density at radius 2 is 2.30 bits per heavy atom. The Morgan fingerprint density at radius 1 is 1.60 bits per heavy atom. The molecule has 0 spiro atoms. The Balaban J connectivity index is 2.57. The largest absolute Gasteiger partial charge is 0.378 e. The molecular formula is C8H17NO. The van der Waals surface area contributed by atoms with Crippen LogP contribution >= 0.6 is 0 Å². The fourth-order valence-corrected chi connectivity index (χ4v) is 1.41. The molecule has 1 aliphatic rings. The molecule has 0 aromatic heterocycles. The first-order valence-electron chi connectivity index (χ1n) is 5.38. The van der Waals surface area contributed by atoms with Crippen molar-refractivity contribution < 1.29 is 8.85 Å². The van der Waals surface area contributed by atoms with Crippen LogP contribution in [0.3, 0.4) is 0 Å². The van der Waals surface area contributed by atoms with Crippen molar-refractivity contribution in [1.82, 2.24) is 5.32 Å². The minimum atomic E-state index is -2.26. The van der Waals surface area contributed by atoms with Gasteiger partial charge in [-0.15, -0.1) is 0 Å². The predicted molar refractivity (Wildman–Crippen MR) is 42.1 cm³/mol. The maximum absolute atomic E-state index is 7.09. The molecule has 1 heterocycles. The van der Waals surface area contributed by atoms with E-state index in [2.05, 4.69) is 5.32 Å². The maximum Gasteiger partial charge on any atom is 0.0700 e. The van der Waals surface area contributed by atoms with Gasteiger partial charge >= 0.3 is 0 Å². The molecule has 0 saturated carbocycles. The summed E-state index contributed by atoms with van der Waals surface area (Å²) >= 11 is 0. The number of hydrogen-bond donors (Lipinski definition) is 1. The molecule has 1 N–H and O–H groups in total. The lowest BCUT2D eigenvalue weighted by Crippen LogP contribution is -2.42. The van der Waals surface area contributed by atoms with Gasteiger partial charge in [-0.3, -0.25) is 0 Å². The van der Waals surface area contributed by atoms with E-state index in [0.29, 0.717) is 0 Å². The van der Waals surface area contributed by atoms with Crippen molar-refractivity contribution in [1.29, 1.82) is 0 Å². The highest BCUT2D eigenvalue weighted by atomic mass is 16.5. The molecule has 1 rings (SSSR count). The third-order valence-electron chi connectivity index (χ3n) is 2.38. The zero-order valence-corrected chi connectivity index (χ0v) is 6.44. The second kappa shape index (κ2) is 3.35. The van der Waals surface area contributed by atoms with Crippen molar-refractivity contribution in [3.05, 3.63) is 0 Å². The van der Waals surface area contributed by atoms with E-state index in [4.69, 9.17) is 8.85 Å². The number of hydrogen-bond acceptors (Lipinski definition) is 2. The minimum Gasteiger partial charge on any atom is -0.378 e. The van der Waals surface area contributed by atoms with Crippen molar-refractivity contribution in [2.45, 2.75) is 31.8 Å². The van der Waals surface area contributed by atoms with Gasteiger partial charge in [0.15, 0.2) is 0 Å². The van der Waals surface area contributed by atoms with E-state index in [1.54, 1.807) is 0 Å². The highest BCUT2D eigenvalue weighted by Crippen LogP contribution is 2.25. The zero-order valence-electron chi connectivity index (χ0n) is 9.44. The van der Waals surface area contributed by atoms with Crippen LogP contribution in [0.4, 0.5) is 0 Å². The molecule has 10 heavy (non-hydrogen) atoms.